The Hall–Kier alpha value is -1.14. The van der Waals surface area contributed by atoms with Gasteiger partial charge in [-0.15, -0.1) is 0 Å². The molecule has 1 N–H and O–H groups in total. The number of carbonyl (C=O) groups is 1. The molecule has 1 saturated heterocycles. The van der Waals surface area contributed by atoms with E-state index in [-0.39, 0.29) is 12.0 Å². The van der Waals surface area contributed by atoms with E-state index < -0.39 is 0 Å². The van der Waals surface area contributed by atoms with Crippen LogP contribution in [0.15, 0.2) is 16.7 Å². The van der Waals surface area contributed by atoms with Crippen molar-refractivity contribution in [3.63, 3.8) is 0 Å². The topological polar surface area (TPSA) is 54.5 Å². The van der Waals surface area contributed by atoms with Gasteiger partial charge in [0.2, 0.25) is 0 Å². The zero-order chi connectivity index (χ0) is 13.8. The zero-order valence-corrected chi connectivity index (χ0v) is 12.7. The van der Waals surface area contributed by atoms with Crippen LogP contribution in [0.25, 0.3) is 0 Å². The minimum atomic E-state index is -0.319. The lowest BCUT2D eigenvalue weighted by molar-refractivity contribution is -0.144. The van der Waals surface area contributed by atoms with E-state index in [1.807, 2.05) is 31.0 Å². The SMILES string of the molecule is CCOC(=O)C1CNCCN1c1ncc(C)cc1Br. The predicted octanol–water partition coefficient (Wildman–Crippen LogP) is 1.49. The van der Waals surface area contributed by atoms with Gasteiger partial charge in [0, 0.05) is 25.8 Å². The summed E-state index contributed by atoms with van der Waals surface area (Å²) >= 11 is 3.52. The third-order valence-corrected chi connectivity index (χ3v) is 3.62. The van der Waals surface area contributed by atoms with E-state index in [0.29, 0.717) is 13.2 Å². The molecule has 6 heteroatoms. The van der Waals surface area contributed by atoms with Gasteiger partial charge < -0.3 is 15.0 Å². The van der Waals surface area contributed by atoms with Crippen molar-refractivity contribution in [3.8, 4) is 0 Å². The Balaban J connectivity index is 2.26. The monoisotopic (exact) mass is 327 g/mol. The van der Waals surface area contributed by atoms with Crippen molar-refractivity contribution in [2.24, 2.45) is 0 Å². The second kappa shape index (κ2) is 6.34. The molecular weight excluding hydrogens is 310 g/mol. The zero-order valence-electron chi connectivity index (χ0n) is 11.1. The molecule has 2 rings (SSSR count). The number of nitrogens with one attached hydrogen (secondary N) is 1. The van der Waals surface area contributed by atoms with Crippen LogP contribution in [-0.4, -0.2) is 43.2 Å². The number of carbonyl (C=O) groups excluding carboxylic acids is 1. The standard InChI is InChI=1S/C13H18BrN3O2/c1-3-19-13(18)11-8-15-4-5-17(11)12-10(14)6-9(2)7-16-12/h6-7,11,15H,3-5,8H2,1-2H3. The summed E-state index contributed by atoms with van der Waals surface area (Å²) in [5.41, 5.74) is 1.08. The number of nitrogens with zero attached hydrogens (tertiary/aromatic N) is 2. The fourth-order valence-electron chi connectivity index (χ4n) is 2.14. The van der Waals surface area contributed by atoms with Gasteiger partial charge in [-0.1, -0.05) is 0 Å². The van der Waals surface area contributed by atoms with E-state index in [9.17, 15) is 4.79 Å². The molecule has 0 aliphatic carbocycles. The van der Waals surface area contributed by atoms with Crippen LogP contribution in [-0.2, 0) is 9.53 Å². The van der Waals surface area contributed by atoms with E-state index >= 15 is 0 Å². The van der Waals surface area contributed by atoms with Crippen LogP contribution in [0.1, 0.15) is 12.5 Å². The molecule has 0 saturated carbocycles. The lowest BCUT2D eigenvalue weighted by atomic mass is 10.2. The minimum absolute atomic E-state index is 0.205. The highest BCUT2D eigenvalue weighted by molar-refractivity contribution is 9.10. The van der Waals surface area contributed by atoms with Gasteiger partial charge >= 0.3 is 5.97 Å². The van der Waals surface area contributed by atoms with E-state index in [2.05, 4.69) is 26.2 Å². The summed E-state index contributed by atoms with van der Waals surface area (Å²) in [5, 5.41) is 3.22. The Morgan fingerprint density at radius 3 is 3.16 bits per heavy atom. The van der Waals surface area contributed by atoms with Crippen molar-refractivity contribution in [2.45, 2.75) is 19.9 Å². The van der Waals surface area contributed by atoms with Crippen LogP contribution in [0.2, 0.25) is 0 Å². The Bertz CT molecular complexity index is 467. The molecule has 2 heterocycles. The molecule has 1 fully saturated rings. The maximum atomic E-state index is 12.0. The molecule has 1 unspecified atom stereocenters. The third kappa shape index (κ3) is 3.25. The molecule has 0 bridgehead atoms. The molecule has 1 aromatic rings. The average molecular weight is 328 g/mol. The molecule has 19 heavy (non-hydrogen) atoms. The first-order valence-electron chi connectivity index (χ1n) is 6.39. The van der Waals surface area contributed by atoms with Gasteiger partial charge in [0.25, 0.3) is 0 Å². The van der Waals surface area contributed by atoms with Crippen molar-refractivity contribution in [1.29, 1.82) is 0 Å². The molecule has 1 aliphatic heterocycles. The molecule has 0 radical (unpaired) electrons. The van der Waals surface area contributed by atoms with Gasteiger partial charge in [-0.2, -0.15) is 0 Å². The number of piperazine rings is 1. The Labute approximate surface area is 121 Å². The first kappa shape index (κ1) is 14.3. The first-order chi connectivity index (χ1) is 9.13. The third-order valence-electron chi connectivity index (χ3n) is 3.03. The molecule has 0 aromatic carbocycles. The van der Waals surface area contributed by atoms with Crippen LogP contribution in [0.5, 0.6) is 0 Å². The Morgan fingerprint density at radius 2 is 2.47 bits per heavy atom. The molecule has 1 aliphatic rings. The van der Waals surface area contributed by atoms with E-state index in [1.165, 1.54) is 0 Å². The quantitative estimate of drug-likeness (QED) is 0.852. The smallest absolute Gasteiger partial charge is 0.330 e. The number of aryl methyl sites for hydroxylation is 1. The van der Waals surface area contributed by atoms with E-state index in [1.54, 1.807) is 0 Å². The summed E-state index contributed by atoms with van der Waals surface area (Å²) in [6.07, 6.45) is 1.81. The van der Waals surface area contributed by atoms with Crippen molar-refractivity contribution < 1.29 is 9.53 Å². The largest absolute Gasteiger partial charge is 0.464 e. The number of halogens is 1. The Morgan fingerprint density at radius 1 is 1.68 bits per heavy atom. The summed E-state index contributed by atoms with van der Waals surface area (Å²) in [6, 6.07) is 1.69. The average Bonchev–Trinajstić information content (AvgIpc) is 2.39. The highest BCUT2D eigenvalue weighted by Gasteiger charge is 2.31. The van der Waals surface area contributed by atoms with Crippen LogP contribution in [0, 0.1) is 6.92 Å². The van der Waals surface area contributed by atoms with Crippen molar-refractivity contribution in [2.75, 3.05) is 31.1 Å². The number of hydrogen-bond donors (Lipinski definition) is 1. The number of pyridine rings is 1. The van der Waals surface area contributed by atoms with Crippen LogP contribution in [0.4, 0.5) is 5.82 Å². The molecule has 0 spiro atoms. The fraction of sp³-hybridized carbons (Fsp3) is 0.538. The summed E-state index contributed by atoms with van der Waals surface area (Å²) < 4.78 is 6.04. The number of hydrogen-bond acceptors (Lipinski definition) is 5. The molecule has 5 nitrogen and oxygen atoms in total. The van der Waals surface area contributed by atoms with Crippen molar-refractivity contribution in [3.05, 3.63) is 22.3 Å². The van der Waals surface area contributed by atoms with E-state index in [0.717, 1.165) is 28.9 Å². The first-order valence-corrected chi connectivity index (χ1v) is 7.19. The second-order valence-electron chi connectivity index (χ2n) is 4.48. The molecule has 1 aromatic heterocycles. The highest BCUT2D eigenvalue weighted by atomic mass is 79.9. The van der Waals surface area contributed by atoms with Gasteiger partial charge in [0.15, 0.2) is 0 Å². The van der Waals surface area contributed by atoms with Gasteiger partial charge in [-0.3, -0.25) is 0 Å². The number of rotatable bonds is 3. The molecule has 1 atom stereocenters. The molecule has 104 valence electrons. The predicted molar refractivity (Wildman–Crippen MR) is 77.3 cm³/mol. The molecular formula is C13H18BrN3O2. The van der Waals surface area contributed by atoms with Crippen LogP contribution >= 0.6 is 15.9 Å². The van der Waals surface area contributed by atoms with Crippen molar-refractivity contribution in [1.82, 2.24) is 10.3 Å². The number of ether oxygens (including phenoxy) is 1. The normalized spacial score (nSPS) is 19.3. The second-order valence-corrected chi connectivity index (χ2v) is 5.34. The van der Waals surface area contributed by atoms with Crippen LogP contribution < -0.4 is 10.2 Å². The maximum absolute atomic E-state index is 12.0. The maximum Gasteiger partial charge on any atom is 0.330 e. The molecule has 0 amide bonds. The number of anilines is 1. The fourth-order valence-corrected chi connectivity index (χ4v) is 2.84. The van der Waals surface area contributed by atoms with Gasteiger partial charge in [-0.05, 0) is 41.4 Å². The number of esters is 1. The summed E-state index contributed by atoms with van der Waals surface area (Å²) in [4.78, 5) is 18.4. The lowest BCUT2D eigenvalue weighted by Gasteiger charge is -2.35. The lowest BCUT2D eigenvalue weighted by Crippen LogP contribution is -2.56. The van der Waals surface area contributed by atoms with Gasteiger partial charge in [-0.25, -0.2) is 9.78 Å². The van der Waals surface area contributed by atoms with Crippen LogP contribution in [0.3, 0.4) is 0 Å². The number of aromatic nitrogens is 1. The van der Waals surface area contributed by atoms with E-state index in [4.69, 9.17) is 4.74 Å². The Kier molecular flexibility index (Phi) is 4.76. The van der Waals surface area contributed by atoms with Gasteiger partial charge in [0.05, 0.1) is 11.1 Å². The summed E-state index contributed by atoms with van der Waals surface area (Å²) in [7, 11) is 0. The minimum Gasteiger partial charge on any atom is -0.464 e. The highest BCUT2D eigenvalue weighted by Crippen LogP contribution is 2.27. The summed E-state index contributed by atoms with van der Waals surface area (Å²) in [5.74, 6) is 0.592. The van der Waals surface area contributed by atoms with Crippen molar-refractivity contribution >= 4 is 27.7 Å². The van der Waals surface area contributed by atoms with Gasteiger partial charge in [0.1, 0.15) is 11.9 Å². The summed E-state index contributed by atoms with van der Waals surface area (Å²) in [6.45, 7) is 6.35.